The fourth-order valence-electron chi connectivity index (χ4n) is 1.47. The van der Waals surface area contributed by atoms with Crippen LogP contribution in [0.5, 0.6) is 0 Å². The van der Waals surface area contributed by atoms with Crippen LogP contribution in [0, 0.1) is 5.92 Å². The van der Waals surface area contributed by atoms with E-state index >= 15 is 0 Å². The first-order chi connectivity index (χ1) is 4.34. The smallest absolute Gasteiger partial charge is 0.116 e. The quantitative estimate of drug-likeness (QED) is 0.603. The molecular formula is C7H13FO. The Labute approximate surface area is 54.9 Å². The molecule has 1 saturated carbocycles. The van der Waals surface area contributed by atoms with Crippen molar-refractivity contribution in [3.8, 4) is 0 Å². The zero-order valence-corrected chi connectivity index (χ0v) is 5.52. The number of aliphatic hydroxyl groups excluding tert-OH is 1. The van der Waals surface area contributed by atoms with Gasteiger partial charge in [-0.15, -0.1) is 0 Å². The molecule has 9 heavy (non-hydrogen) atoms. The van der Waals surface area contributed by atoms with E-state index in [9.17, 15) is 4.39 Å². The van der Waals surface area contributed by atoms with E-state index in [0.717, 1.165) is 12.8 Å². The van der Waals surface area contributed by atoms with Gasteiger partial charge in [0.1, 0.15) is 6.67 Å². The van der Waals surface area contributed by atoms with E-state index in [1.165, 1.54) is 12.8 Å². The van der Waals surface area contributed by atoms with Crippen molar-refractivity contribution in [2.75, 3.05) is 6.67 Å². The number of hydrogen-bond acceptors (Lipinski definition) is 1. The molecule has 0 aromatic carbocycles. The summed E-state index contributed by atoms with van der Waals surface area (Å²) < 4.78 is 11.8. The highest BCUT2D eigenvalue weighted by Gasteiger charge is 2.22. The first-order valence-corrected chi connectivity index (χ1v) is 3.58. The largest absolute Gasteiger partial charge is 0.390 e. The lowest BCUT2D eigenvalue weighted by molar-refractivity contribution is 0.0834. The summed E-state index contributed by atoms with van der Waals surface area (Å²) >= 11 is 0. The van der Waals surface area contributed by atoms with Gasteiger partial charge in [-0.25, -0.2) is 4.39 Å². The van der Waals surface area contributed by atoms with E-state index < -0.39 is 12.8 Å². The molecule has 0 aromatic rings. The summed E-state index contributed by atoms with van der Waals surface area (Å²) in [6.07, 6.45) is 3.70. The van der Waals surface area contributed by atoms with E-state index in [0.29, 0.717) is 0 Å². The number of halogens is 1. The van der Waals surface area contributed by atoms with Crippen LogP contribution in [0.1, 0.15) is 25.7 Å². The van der Waals surface area contributed by atoms with Gasteiger partial charge < -0.3 is 5.11 Å². The molecule has 1 nitrogen and oxygen atoms in total. The van der Waals surface area contributed by atoms with Crippen molar-refractivity contribution in [1.29, 1.82) is 0 Å². The Morgan fingerprint density at radius 2 is 2.00 bits per heavy atom. The van der Waals surface area contributed by atoms with Crippen LogP contribution in [0.2, 0.25) is 0 Å². The van der Waals surface area contributed by atoms with Crippen LogP contribution in [0.4, 0.5) is 4.39 Å². The van der Waals surface area contributed by atoms with Gasteiger partial charge in [-0.1, -0.05) is 12.8 Å². The number of rotatable bonds is 2. The first-order valence-electron chi connectivity index (χ1n) is 3.58. The number of alkyl halides is 1. The Hall–Kier alpha value is -0.110. The second-order valence-electron chi connectivity index (χ2n) is 2.77. The van der Waals surface area contributed by atoms with Crippen molar-refractivity contribution in [1.82, 2.24) is 0 Å². The minimum absolute atomic E-state index is 0.259. The van der Waals surface area contributed by atoms with Crippen LogP contribution >= 0.6 is 0 Å². The fraction of sp³-hybridized carbons (Fsp3) is 1.00. The molecule has 0 radical (unpaired) electrons. The van der Waals surface area contributed by atoms with Crippen LogP contribution in [-0.2, 0) is 0 Å². The van der Waals surface area contributed by atoms with Gasteiger partial charge in [-0.3, -0.25) is 0 Å². The standard InChI is InChI=1S/C7H13FO/c8-5-7(9)6-3-1-2-4-6/h6-7,9H,1-5H2. The van der Waals surface area contributed by atoms with Gasteiger partial charge in [0.25, 0.3) is 0 Å². The fourth-order valence-corrected chi connectivity index (χ4v) is 1.47. The molecule has 1 rings (SSSR count). The third kappa shape index (κ3) is 1.65. The van der Waals surface area contributed by atoms with Crippen LogP contribution in [0.25, 0.3) is 0 Å². The maximum Gasteiger partial charge on any atom is 0.116 e. The summed E-state index contributed by atoms with van der Waals surface area (Å²) in [6.45, 7) is -0.565. The van der Waals surface area contributed by atoms with Crippen LogP contribution in [-0.4, -0.2) is 17.9 Å². The van der Waals surface area contributed by atoms with Crippen molar-refractivity contribution in [3.63, 3.8) is 0 Å². The predicted molar refractivity (Wildman–Crippen MR) is 33.9 cm³/mol. The number of aliphatic hydroxyl groups is 1. The van der Waals surface area contributed by atoms with Crippen molar-refractivity contribution < 1.29 is 9.50 Å². The topological polar surface area (TPSA) is 20.2 Å². The molecule has 2 heteroatoms. The summed E-state index contributed by atoms with van der Waals surface area (Å²) in [5.74, 6) is 0.259. The summed E-state index contributed by atoms with van der Waals surface area (Å²) in [5.41, 5.74) is 0. The second kappa shape index (κ2) is 3.16. The minimum atomic E-state index is -0.674. The molecule has 1 aliphatic carbocycles. The highest BCUT2D eigenvalue weighted by atomic mass is 19.1. The van der Waals surface area contributed by atoms with Gasteiger partial charge in [0.05, 0.1) is 6.10 Å². The molecule has 1 fully saturated rings. The summed E-state index contributed by atoms with van der Waals surface area (Å²) in [6, 6.07) is 0. The molecular weight excluding hydrogens is 119 g/mol. The molecule has 0 aliphatic heterocycles. The van der Waals surface area contributed by atoms with Gasteiger partial charge in [0, 0.05) is 0 Å². The summed E-state index contributed by atoms with van der Waals surface area (Å²) in [5, 5.41) is 8.98. The SMILES string of the molecule is OC(CF)C1CCCC1. The third-order valence-corrected chi connectivity index (χ3v) is 2.10. The van der Waals surface area contributed by atoms with E-state index in [-0.39, 0.29) is 5.92 Å². The van der Waals surface area contributed by atoms with Crippen molar-refractivity contribution >= 4 is 0 Å². The Morgan fingerprint density at radius 3 is 2.44 bits per heavy atom. The minimum Gasteiger partial charge on any atom is -0.390 e. The molecule has 0 heterocycles. The lowest BCUT2D eigenvalue weighted by Crippen LogP contribution is -2.19. The average Bonchev–Trinajstić information content (AvgIpc) is 2.37. The van der Waals surface area contributed by atoms with E-state index in [1.807, 2.05) is 0 Å². The van der Waals surface area contributed by atoms with E-state index in [2.05, 4.69) is 0 Å². The zero-order valence-electron chi connectivity index (χ0n) is 5.52. The molecule has 54 valence electrons. The second-order valence-corrected chi connectivity index (χ2v) is 2.77. The zero-order chi connectivity index (χ0) is 6.69. The first kappa shape index (κ1) is 7.00. The molecule has 0 saturated heterocycles. The van der Waals surface area contributed by atoms with E-state index in [4.69, 9.17) is 5.11 Å². The molecule has 1 N–H and O–H groups in total. The summed E-state index contributed by atoms with van der Waals surface area (Å²) in [4.78, 5) is 0. The molecule has 1 aliphatic rings. The van der Waals surface area contributed by atoms with Crippen molar-refractivity contribution in [2.24, 2.45) is 5.92 Å². The maximum absolute atomic E-state index is 11.8. The van der Waals surface area contributed by atoms with Gasteiger partial charge in [-0.05, 0) is 18.8 Å². The average molecular weight is 132 g/mol. The number of hydrogen-bond donors (Lipinski definition) is 1. The molecule has 0 aromatic heterocycles. The summed E-state index contributed by atoms with van der Waals surface area (Å²) in [7, 11) is 0. The molecule has 0 bridgehead atoms. The van der Waals surface area contributed by atoms with E-state index in [1.54, 1.807) is 0 Å². The van der Waals surface area contributed by atoms with Gasteiger partial charge in [0.2, 0.25) is 0 Å². The van der Waals surface area contributed by atoms with Crippen molar-refractivity contribution in [3.05, 3.63) is 0 Å². The molecule has 1 unspecified atom stereocenters. The van der Waals surface area contributed by atoms with Gasteiger partial charge in [-0.2, -0.15) is 0 Å². The Kier molecular flexibility index (Phi) is 2.46. The lowest BCUT2D eigenvalue weighted by atomic mass is 10.0. The van der Waals surface area contributed by atoms with Gasteiger partial charge in [0.15, 0.2) is 0 Å². The molecule has 1 atom stereocenters. The Balaban J connectivity index is 2.24. The van der Waals surface area contributed by atoms with Crippen LogP contribution in [0.15, 0.2) is 0 Å². The van der Waals surface area contributed by atoms with Gasteiger partial charge >= 0.3 is 0 Å². The maximum atomic E-state index is 11.8. The predicted octanol–water partition coefficient (Wildman–Crippen LogP) is 1.51. The Bertz CT molecular complexity index is 79.0. The molecule has 0 amide bonds. The lowest BCUT2D eigenvalue weighted by Gasteiger charge is -2.12. The monoisotopic (exact) mass is 132 g/mol. The Morgan fingerprint density at radius 1 is 1.44 bits per heavy atom. The highest BCUT2D eigenvalue weighted by Crippen LogP contribution is 2.27. The molecule has 0 spiro atoms. The van der Waals surface area contributed by atoms with Crippen molar-refractivity contribution in [2.45, 2.75) is 31.8 Å². The third-order valence-electron chi connectivity index (χ3n) is 2.10. The van der Waals surface area contributed by atoms with Crippen LogP contribution < -0.4 is 0 Å². The van der Waals surface area contributed by atoms with Crippen LogP contribution in [0.3, 0.4) is 0 Å². The highest BCUT2D eigenvalue weighted by molar-refractivity contribution is 4.73. The normalized spacial score (nSPS) is 24.7.